The van der Waals surface area contributed by atoms with Crippen molar-refractivity contribution >= 4 is 11.7 Å². The van der Waals surface area contributed by atoms with Crippen molar-refractivity contribution in [2.45, 2.75) is 32.3 Å². The van der Waals surface area contributed by atoms with Crippen molar-refractivity contribution in [3.05, 3.63) is 100 Å². The molecule has 0 heterocycles. The summed E-state index contributed by atoms with van der Waals surface area (Å²) in [7, 11) is 2.71. The molecule has 0 saturated heterocycles. The van der Waals surface area contributed by atoms with Crippen LogP contribution in [-0.2, 0) is 27.4 Å². The summed E-state index contributed by atoms with van der Waals surface area (Å²) in [5, 5.41) is 3.85. The number of oxime groups is 1. The highest BCUT2D eigenvalue weighted by Crippen LogP contribution is 2.39. The molecule has 0 amide bonds. The number of benzene rings is 3. The molecular formula is C27H27NO4. The summed E-state index contributed by atoms with van der Waals surface area (Å²) in [5.74, 6) is 0.651. The number of rotatable bonds is 7. The first-order chi connectivity index (χ1) is 15.6. The number of fused-ring (bicyclic) bond motifs is 1. The maximum Gasteiger partial charge on any atom is 0.360 e. The van der Waals surface area contributed by atoms with Gasteiger partial charge in [-0.25, -0.2) is 4.79 Å². The van der Waals surface area contributed by atoms with E-state index < -0.39 is 5.97 Å². The molecule has 5 heteroatoms. The Morgan fingerprint density at radius 2 is 1.78 bits per heavy atom. The Bertz CT molecular complexity index is 1130. The van der Waals surface area contributed by atoms with Gasteiger partial charge < -0.3 is 14.3 Å². The van der Waals surface area contributed by atoms with E-state index in [2.05, 4.69) is 42.4 Å². The first-order valence-corrected chi connectivity index (χ1v) is 10.7. The SMILES string of the molecule is CO/N=C(/C(=O)OC)c1ccccc1COc1ccc(C2CCc3c(C)cccc32)cc1. The highest BCUT2D eigenvalue weighted by atomic mass is 16.6. The van der Waals surface area contributed by atoms with E-state index in [0.29, 0.717) is 18.1 Å². The minimum Gasteiger partial charge on any atom is -0.489 e. The minimum absolute atomic E-state index is 0.111. The number of nitrogens with zero attached hydrogens (tertiary/aromatic N) is 1. The van der Waals surface area contributed by atoms with Gasteiger partial charge in [-0.2, -0.15) is 0 Å². The fourth-order valence-corrected chi connectivity index (χ4v) is 4.40. The average molecular weight is 430 g/mol. The third-order valence-electron chi connectivity index (χ3n) is 6.02. The Balaban J connectivity index is 1.49. The molecule has 0 fully saturated rings. The summed E-state index contributed by atoms with van der Waals surface area (Å²) >= 11 is 0. The number of esters is 1. The zero-order valence-corrected chi connectivity index (χ0v) is 18.6. The van der Waals surface area contributed by atoms with Crippen LogP contribution in [0.2, 0.25) is 0 Å². The Morgan fingerprint density at radius 1 is 1.00 bits per heavy atom. The number of hydrogen-bond acceptors (Lipinski definition) is 5. The van der Waals surface area contributed by atoms with Crippen molar-refractivity contribution in [1.29, 1.82) is 0 Å². The van der Waals surface area contributed by atoms with Crippen molar-refractivity contribution in [2.75, 3.05) is 14.2 Å². The number of carbonyl (C=O) groups excluding carboxylic acids is 1. The first kappa shape index (κ1) is 21.6. The minimum atomic E-state index is -0.560. The molecule has 0 radical (unpaired) electrons. The van der Waals surface area contributed by atoms with E-state index in [1.807, 2.05) is 30.3 Å². The molecule has 0 aromatic heterocycles. The Labute approximate surface area is 188 Å². The highest BCUT2D eigenvalue weighted by molar-refractivity contribution is 6.43. The first-order valence-electron chi connectivity index (χ1n) is 10.7. The van der Waals surface area contributed by atoms with Gasteiger partial charge >= 0.3 is 5.97 Å². The van der Waals surface area contributed by atoms with E-state index in [1.165, 1.54) is 36.5 Å². The summed E-state index contributed by atoms with van der Waals surface area (Å²) in [6, 6.07) is 22.3. The van der Waals surface area contributed by atoms with Gasteiger partial charge in [0.2, 0.25) is 0 Å². The number of hydrogen-bond donors (Lipinski definition) is 0. The van der Waals surface area contributed by atoms with Crippen LogP contribution in [0.25, 0.3) is 0 Å². The van der Waals surface area contributed by atoms with Crippen LogP contribution in [0, 0.1) is 6.92 Å². The molecule has 0 N–H and O–H groups in total. The lowest BCUT2D eigenvalue weighted by atomic mass is 9.92. The second kappa shape index (κ2) is 9.69. The molecule has 1 atom stereocenters. The van der Waals surface area contributed by atoms with Crippen molar-refractivity contribution < 1.29 is 19.1 Å². The molecule has 0 aliphatic heterocycles. The molecule has 0 saturated carbocycles. The molecular weight excluding hydrogens is 402 g/mol. The molecule has 1 aliphatic rings. The van der Waals surface area contributed by atoms with Gasteiger partial charge in [-0.15, -0.1) is 0 Å². The molecule has 32 heavy (non-hydrogen) atoms. The Morgan fingerprint density at radius 3 is 2.53 bits per heavy atom. The molecule has 1 aliphatic carbocycles. The van der Waals surface area contributed by atoms with E-state index in [4.69, 9.17) is 14.3 Å². The fourth-order valence-electron chi connectivity index (χ4n) is 4.40. The maximum atomic E-state index is 12.1. The van der Waals surface area contributed by atoms with Gasteiger partial charge in [0, 0.05) is 11.5 Å². The monoisotopic (exact) mass is 429 g/mol. The highest BCUT2D eigenvalue weighted by Gasteiger charge is 2.25. The molecule has 1 unspecified atom stereocenters. The van der Waals surface area contributed by atoms with Gasteiger partial charge in [-0.1, -0.05) is 59.8 Å². The van der Waals surface area contributed by atoms with Crippen LogP contribution in [0.4, 0.5) is 0 Å². The van der Waals surface area contributed by atoms with E-state index >= 15 is 0 Å². The Kier molecular flexibility index (Phi) is 6.55. The van der Waals surface area contributed by atoms with Crippen LogP contribution in [-0.4, -0.2) is 25.9 Å². The largest absolute Gasteiger partial charge is 0.489 e. The Hall–Kier alpha value is -3.60. The van der Waals surface area contributed by atoms with Crippen LogP contribution < -0.4 is 4.74 Å². The van der Waals surface area contributed by atoms with E-state index in [-0.39, 0.29) is 5.71 Å². The summed E-state index contributed by atoms with van der Waals surface area (Å²) in [4.78, 5) is 17.0. The molecule has 0 spiro atoms. The average Bonchev–Trinajstić information content (AvgIpc) is 3.27. The van der Waals surface area contributed by atoms with Crippen LogP contribution in [0.1, 0.15) is 45.7 Å². The number of methoxy groups -OCH3 is 1. The second-order valence-electron chi connectivity index (χ2n) is 7.86. The van der Waals surface area contributed by atoms with E-state index in [1.54, 1.807) is 6.07 Å². The number of ether oxygens (including phenoxy) is 2. The zero-order chi connectivity index (χ0) is 22.5. The van der Waals surface area contributed by atoms with Gasteiger partial charge in [0.15, 0.2) is 5.71 Å². The summed E-state index contributed by atoms with van der Waals surface area (Å²) in [5.41, 5.74) is 7.18. The topological polar surface area (TPSA) is 57.1 Å². The predicted molar refractivity (Wildman–Crippen MR) is 124 cm³/mol. The summed E-state index contributed by atoms with van der Waals surface area (Å²) in [6.45, 7) is 2.49. The zero-order valence-electron chi connectivity index (χ0n) is 18.6. The fraction of sp³-hybridized carbons (Fsp3) is 0.259. The van der Waals surface area contributed by atoms with Gasteiger partial charge in [0.25, 0.3) is 0 Å². The van der Waals surface area contributed by atoms with Crippen LogP contribution in [0.5, 0.6) is 5.75 Å². The second-order valence-corrected chi connectivity index (χ2v) is 7.86. The standard InChI is InChI=1S/C27H27NO4/c1-18-7-6-10-25-22(18)15-16-23(25)19-11-13-21(14-12-19)32-17-20-8-4-5-9-24(20)26(28-31-3)27(29)30-2/h4-14,23H,15-17H2,1-3H3/b28-26+. The summed E-state index contributed by atoms with van der Waals surface area (Å²) < 4.78 is 10.9. The number of aryl methyl sites for hydroxylation is 1. The third-order valence-corrected chi connectivity index (χ3v) is 6.02. The van der Waals surface area contributed by atoms with Gasteiger partial charge in [0.05, 0.1) is 7.11 Å². The maximum absolute atomic E-state index is 12.1. The lowest BCUT2D eigenvalue weighted by Crippen LogP contribution is -2.19. The number of carbonyl (C=O) groups is 1. The normalized spacial score (nSPS) is 15.2. The van der Waals surface area contributed by atoms with Crippen molar-refractivity contribution in [1.82, 2.24) is 0 Å². The smallest absolute Gasteiger partial charge is 0.360 e. The molecule has 4 rings (SSSR count). The molecule has 3 aromatic rings. The van der Waals surface area contributed by atoms with E-state index in [9.17, 15) is 4.79 Å². The van der Waals surface area contributed by atoms with Gasteiger partial charge in [0.1, 0.15) is 19.5 Å². The lowest BCUT2D eigenvalue weighted by Gasteiger charge is -2.15. The van der Waals surface area contributed by atoms with Crippen molar-refractivity contribution in [3.8, 4) is 5.75 Å². The molecule has 3 aromatic carbocycles. The molecule has 0 bridgehead atoms. The van der Waals surface area contributed by atoms with Crippen LogP contribution >= 0.6 is 0 Å². The third kappa shape index (κ3) is 4.37. The quantitative estimate of drug-likeness (QED) is 0.295. The molecule has 164 valence electrons. The van der Waals surface area contributed by atoms with Crippen molar-refractivity contribution in [2.24, 2.45) is 5.16 Å². The van der Waals surface area contributed by atoms with Gasteiger partial charge in [-0.05, 0) is 59.7 Å². The van der Waals surface area contributed by atoms with E-state index in [0.717, 1.165) is 24.2 Å². The van der Waals surface area contributed by atoms with Crippen molar-refractivity contribution in [3.63, 3.8) is 0 Å². The van der Waals surface area contributed by atoms with Crippen LogP contribution in [0.15, 0.2) is 71.9 Å². The van der Waals surface area contributed by atoms with Gasteiger partial charge in [-0.3, -0.25) is 0 Å². The lowest BCUT2D eigenvalue weighted by molar-refractivity contribution is -0.132. The predicted octanol–water partition coefficient (Wildman–Crippen LogP) is 5.18. The molecule has 5 nitrogen and oxygen atoms in total. The summed E-state index contributed by atoms with van der Waals surface area (Å²) in [6.07, 6.45) is 2.27. The van der Waals surface area contributed by atoms with Crippen LogP contribution in [0.3, 0.4) is 0 Å².